The predicted molar refractivity (Wildman–Crippen MR) is 632 cm³/mol. The first kappa shape index (κ1) is 109. The molecule has 0 atom stereocenters. The van der Waals surface area contributed by atoms with E-state index >= 15 is 0 Å². The molecule has 0 amide bonds. The van der Waals surface area contributed by atoms with Crippen molar-refractivity contribution in [2.45, 2.75) is 53.4 Å². The van der Waals surface area contributed by atoms with Gasteiger partial charge < -0.3 is 0 Å². The Hall–Kier alpha value is 14.9. The Kier molecular flexibility index (Phi) is 106. The van der Waals surface area contributed by atoms with E-state index in [-0.39, 0.29) is 10.8 Å². The van der Waals surface area contributed by atoms with Gasteiger partial charge in [-0.1, -0.05) is 47.5 Å². The molecule has 77 heteroatoms. The first-order valence-electron chi connectivity index (χ1n) is 18.9. The molecule has 2 nitrogen and oxygen atoms in total. The molecular weight excluding hydrogens is 2640 g/mol. The number of hydrogen-bond donors (Lipinski definition) is 0. The van der Waals surface area contributed by atoms with Crippen molar-refractivity contribution in [1.29, 1.82) is 0 Å². The van der Waals surface area contributed by atoms with Crippen LogP contribution in [0.3, 0.4) is 0 Å². The third-order valence-corrected chi connectivity index (χ3v) is 165. The molecule has 1 rings (SSSR count). The molecule has 0 spiro atoms. The maximum absolute atomic E-state index is 11.0. The molecule has 552 valence electrons. The molecule has 0 aromatic carbocycles. The van der Waals surface area contributed by atoms with Crippen molar-refractivity contribution in [2.75, 3.05) is 0 Å². The number of hydrogen-bond acceptors (Lipinski definition) is 4. The topological polar surface area (TPSA) is 30.0 Å². The largest absolute Gasteiger partial charge is 0.298 e. The molecule has 0 fully saturated rings. The van der Waals surface area contributed by atoms with Crippen LogP contribution < -0.4 is 0 Å². The second kappa shape index (κ2) is 91.8. The normalized spacial score (nSPS) is 8.62. The van der Waals surface area contributed by atoms with Crippen LogP contribution in [0.25, 0.3) is 0 Å². The summed E-state index contributed by atoms with van der Waals surface area (Å²) in [6, 6.07) is 3.71. The van der Waals surface area contributed by atoms with Crippen LogP contribution in [0.15, 0.2) is 12.1 Å². The van der Waals surface area contributed by atoms with E-state index in [1.807, 2.05) is 536 Å². The van der Waals surface area contributed by atoms with E-state index in [4.69, 9.17) is 22.4 Å². The third-order valence-electron chi connectivity index (χ3n) is 4.65. The first-order valence-corrected chi connectivity index (χ1v) is 118. The SMILES string of the molecule is CC(C)(C)CC#Cc1nc(C(C)(C)C)ccc1C=O.S=S=S=S=S=S=S=S=S=S=S=S=S=S=S=S=S=S=S=S=S=S=S=S=S=S=S=S=S=S=S=S=S=S=S=S=S=S=S=S=S=S=S=S=S=S=S=S=S=S=S=S=S=S=S=S=S=S=S=S=S=S=S=S=S=S=S=S=S=S=S=S=S=S=S. The standard InChI is InChI=1S/C17H23NO.S75/c1-16(2,3)11-7-8-14-13(12-19)9-10-15(18-14)17(4,5)6;1-3-5-7-9-11-13-15-17-19-21-23-25-27-29-31-33-35-37-39-41-43-45-47-49-51-53-55-57-59-61-63-65-67-69-71-73-75-74-72-70-68-66-64-62-60-58-56-54-52-50-48-46-44-42-40-38-36-34-32-30-28-26-24-22-20-18-16-14-12-10-8-6-4-2/h9-10,12H,11H2,1-6H3;. The molecule has 1 heterocycles. The molecule has 94 heavy (non-hydrogen) atoms. The highest BCUT2D eigenvalue weighted by atomic mass is 33.5. The fraction of sp³-hybridized carbons (Fsp3) is 0.529. The van der Waals surface area contributed by atoms with Gasteiger partial charge in [0.15, 0.2) is 6.29 Å². The van der Waals surface area contributed by atoms with Gasteiger partial charge in [0.25, 0.3) is 0 Å². The molecule has 0 bridgehead atoms. The zero-order valence-electron chi connectivity index (χ0n) is 43.4. The Labute approximate surface area is 764 Å². The highest BCUT2D eigenvalue weighted by Gasteiger charge is 2.16. The maximum Gasteiger partial charge on any atom is 0.152 e. The lowest BCUT2D eigenvalue weighted by atomic mass is 9.91. The minimum Gasteiger partial charge on any atom is -0.298 e. The molecule has 0 unspecified atom stereocenters. The van der Waals surface area contributed by atoms with E-state index < -0.39 is 0 Å². The predicted octanol–water partition coefficient (Wildman–Crippen LogP) is 3.80. The lowest BCUT2D eigenvalue weighted by molar-refractivity contribution is 0.112. The van der Waals surface area contributed by atoms with E-state index in [9.17, 15) is 4.79 Å². The minimum absolute atomic E-state index is 0.0398. The van der Waals surface area contributed by atoms with Crippen molar-refractivity contribution in [2.24, 2.45) is 5.41 Å². The Bertz CT molecular complexity index is 6310. The molecule has 0 saturated carbocycles. The van der Waals surface area contributed by atoms with Crippen molar-refractivity contribution in [3.63, 3.8) is 0 Å². The second-order valence-corrected chi connectivity index (χ2v) is 141. The van der Waals surface area contributed by atoms with E-state index in [0.717, 1.165) is 18.4 Å². The average molecular weight is 2660 g/mol. The molecule has 1 aromatic heterocycles. The Morgan fingerprint density at radius 3 is 0.574 bits per heavy atom. The fourth-order valence-electron chi connectivity index (χ4n) is 2.28. The summed E-state index contributed by atoms with van der Waals surface area (Å²) in [5, 5.41) is 0. The third kappa shape index (κ3) is 90.8. The number of aromatic nitrogens is 1. The van der Waals surface area contributed by atoms with Gasteiger partial charge in [0.1, 0.15) is 5.69 Å². The number of carbonyl (C=O) groups is 1. The highest BCUT2D eigenvalue weighted by molar-refractivity contribution is 8.85. The van der Waals surface area contributed by atoms with Crippen molar-refractivity contribution < 1.29 is 4.79 Å². The van der Waals surface area contributed by atoms with E-state index in [1.54, 1.807) is 107 Å². The number of aldehydes is 1. The Morgan fingerprint density at radius 1 is 0.287 bits per heavy atom. The van der Waals surface area contributed by atoms with Crippen LogP contribution in [-0.4, -0.2) is 11.3 Å². The summed E-state index contributed by atoms with van der Waals surface area (Å²) >= 11 is 9.65. The van der Waals surface area contributed by atoms with Gasteiger partial charge in [-0.2, -0.15) is 0 Å². The summed E-state index contributed by atoms with van der Waals surface area (Å²) < 4.78 is 0. The minimum atomic E-state index is -0.0398. The summed E-state index contributed by atoms with van der Waals surface area (Å²) in [5.41, 5.74) is 2.23. The van der Waals surface area contributed by atoms with Crippen LogP contribution in [0.5, 0.6) is 0 Å². The quantitative estimate of drug-likeness (QED) is 0.317. The van der Waals surface area contributed by atoms with Gasteiger partial charge in [0, 0.05) is 694 Å². The van der Waals surface area contributed by atoms with Crippen LogP contribution in [0.2, 0.25) is 0 Å². The molecule has 0 radical (unpaired) electrons. The van der Waals surface area contributed by atoms with Gasteiger partial charge in [-0.25, -0.2) is 4.98 Å². The molecular formula is C17H23NOS75. The second-order valence-electron chi connectivity index (χ2n) is 12.0. The average Bonchev–Trinajstić information content (AvgIpc) is 0.928. The zero-order chi connectivity index (χ0) is 68.3. The lowest BCUT2D eigenvalue weighted by Crippen LogP contribution is -2.14. The van der Waals surface area contributed by atoms with E-state index in [2.05, 4.69) is 58.4 Å². The van der Waals surface area contributed by atoms with Crippen LogP contribution >= 0.6 is 0 Å². The number of pyridine rings is 1. The summed E-state index contributed by atoms with van der Waals surface area (Å²) in [4.78, 5) is 15.6. The highest BCUT2D eigenvalue weighted by Crippen LogP contribution is 2.21. The van der Waals surface area contributed by atoms with Crippen molar-refractivity contribution in [1.82, 2.24) is 4.98 Å². The maximum atomic E-state index is 11.0. The van der Waals surface area contributed by atoms with Crippen molar-refractivity contribution in [3.05, 3.63) is 29.1 Å². The Morgan fingerprint density at radius 2 is 0.447 bits per heavy atom. The molecule has 0 aliphatic carbocycles. The number of carbonyl (C=O) groups excluding carboxylic acids is 1. The molecule has 0 aliphatic heterocycles. The lowest BCUT2D eigenvalue weighted by Gasteiger charge is -2.18. The van der Waals surface area contributed by atoms with Crippen LogP contribution in [0.1, 0.15) is 69.7 Å². The van der Waals surface area contributed by atoms with Gasteiger partial charge >= 0.3 is 0 Å². The molecule has 0 aliphatic rings. The Balaban J connectivity index is 0.00000386. The summed E-state index contributed by atoms with van der Waals surface area (Å²) in [6.07, 6.45) is 1.60. The zero-order valence-corrected chi connectivity index (χ0v) is 105. The first-order chi connectivity index (χ1) is 46.0. The summed E-state index contributed by atoms with van der Waals surface area (Å²) in [7, 11) is 132. The summed E-state index contributed by atoms with van der Waals surface area (Å²) in [6.45, 7) is 12.7. The van der Waals surface area contributed by atoms with Gasteiger partial charge in [-0.05, 0) is 23.5 Å². The van der Waals surface area contributed by atoms with Gasteiger partial charge in [0.05, 0.1) is 0 Å². The van der Waals surface area contributed by atoms with Crippen LogP contribution in [-0.2, 0) is 676 Å². The van der Waals surface area contributed by atoms with Crippen LogP contribution in [0.4, 0.5) is 0 Å². The van der Waals surface area contributed by atoms with E-state index in [1.165, 1.54) is 17.8 Å². The fourth-order valence-corrected chi connectivity index (χ4v) is 197. The number of nitrogens with zero attached hydrogens (tertiary/aromatic N) is 1. The summed E-state index contributed by atoms with van der Waals surface area (Å²) in [5.74, 6) is 6.16. The van der Waals surface area contributed by atoms with E-state index in [0.29, 0.717) is 11.3 Å². The molecule has 1 aromatic rings. The number of rotatable bonds is 1. The van der Waals surface area contributed by atoms with Crippen LogP contribution in [0, 0.1) is 17.3 Å². The van der Waals surface area contributed by atoms with Gasteiger partial charge in [0.2, 0.25) is 0 Å². The molecule has 0 N–H and O–H groups in total. The van der Waals surface area contributed by atoms with Gasteiger partial charge in [-0.15, -0.1) is 0 Å². The monoisotopic (exact) mass is 2660 g/mol. The smallest absolute Gasteiger partial charge is 0.152 e. The van der Waals surface area contributed by atoms with Crippen molar-refractivity contribution >= 4 is 677 Å². The van der Waals surface area contributed by atoms with Crippen molar-refractivity contribution in [3.8, 4) is 11.8 Å². The molecule has 0 saturated heterocycles. The van der Waals surface area contributed by atoms with Gasteiger partial charge in [-0.3, -0.25) is 4.79 Å².